The highest BCUT2D eigenvalue weighted by Gasteiger charge is 2.45. The van der Waals surface area contributed by atoms with Crippen LogP contribution in [-0.4, -0.2) is 30.0 Å². The first-order valence-electron chi connectivity index (χ1n) is 6.30. The minimum Gasteiger partial charge on any atom is -0.395 e. The van der Waals surface area contributed by atoms with Gasteiger partial charge in [0.2, 0.25) is 0 Å². The summed E-state index contributed by atoms with van der Waals surface area (Å²) in [6.07, 6.45) is -1.89. The van der Waals surface area contributed by atoms with Crippen molar-refractivity contribution in [1.29, 1.82) is 0 Å². The fourth-order valence-electron chi connectivity index (χ4n) is 2.45. The van der Waals surface area contributed by atoms with Crippen molar-refractivity contribution in [1.82, 2.24) is 5.32 Å². The molecule has 0 aromatic heterocycles. The molecule has 3 atom stereocenters. The summed E-state index contributed by atoms with van der Waals surface area (Å²) >= 11 is 0. The molecule has 0 aliphatic heterocycles. The van der Waals surface area contributed by atoms with E-state index in [1.165, 1.54) is 0 Å². The number of alkyl halides is 3. The molecule has 3 unspecified atom stereocenters. The van der Waals surface area contributed by atoms with Crippen molar-refractivity contribution in [2.24, 2.45) is 11.8 Å². The Hall–Kier alpha value is -0.290. The van der Waals surface area contributed by atoms with Crippen LogP contribution in [0.25, 0.3) is 0 Å². The number of aliphatic hydroxyl groups is 1. The van der Waals surface area contributed by atoms with Gasteiger partial charge >= 0.3 is 6.18 Å². The lowest BCUT2D eigenvalue weighted by atomic mass is 9.83. The third kappa shape index (κ3) is 4.14. The highest BCUT2D eigenvalue weighted by molar-refractivity contribution is 4.88. The van der Waals surface area contributed by atoms with Gasteiger partial charge in [0.15, 0.2) is 0 Å². The first kappa shape index (κ1) is 14.8. The molecular weight excluding hydrogens is 231 g/mol. The Kier molecular flexibility index (Phi) is 5.25. The Labute approximate surface area is 101 Å². The van der Waals surface area contributed by atoms with Crippen LogP contribution in [0.2, 0.25) is 0 Å². The molecular formula is C12H22F3NO. The summed E-state index contributed by atoms with van der Waals surface area (Å²) in [5.41, 5.74) is 0. The maximum Gasteiger partial charge on any atom is 0.393 e. The highest BCUT2D eigenvalue weighted by Crippen LogP contribution is 2.38. The molecule has 0 saturated heterocycles. The molecule has 0 aromatic carbocycles. The second kappa shape index (κ2) is 6.05. The SMILES string of the molecule is CC(C)C(CO)NC1CCCCC1C(F)(F)F. The van der Waals surface area contributed by atoms with Gasteiger partial charge in [-0.25, -0.2) is 0 Å². The topological polar surface area (TPSA) is 32.3 Å². The average Bonchev–Trinajstić information content (AvgIpc) is 2.24. The van der Waals surface area contributed by atoms with Gasteiger partial charge in [-0.2, -0.15) is 13.2 Å². The van der Waals surface area contributed by atoms with Crippen LogP contribution in [0.5, 0.6) is 0 Å². The van der Waals surface area contributed by atoms with E-state index in [1.807, 2.05) is 13.8 Å². The molecule has 0 amide bonds. The summed E-state index contributed by atoms with van der Waals surface area (Å²) in [7, 11) is 0. The van der Waals surface area contributed by atoms with E-state index >= 15 is 0 Å². The summed E-state index contributed by atoms with van der Waals surface area (Å²) in [6, 6.07) is -0.786. The predicted octanol–water partition coefficient (Wildman–Crippen LogP) is 2.71. The van der Waals surface area contributed by atoms with Crippen molar-refractivity contribution in [2.45, 2.75) is 57.8 Å². The molecule has 2 nitrogen and oxygen atoms in total. The van der Waals surface area contributed by atoms with Crippen molar-refractivity contribution in [3.63, 3.8) is 0 Å². The fraction of sp³-hybridized carbons (Fsp3) is 1.00. The molecule has 1 aliphatic carbocycles. The lowest BCUT2D eigenvalue weighted by Gasteiger charge is -2.36. The van der Waals surface area contributed by atoms with Crippen LogP contribution in [0, 0.1) is 11.8 Å². The van der Waals surface area contributed by atoms with Gasteiger partial charge in [0.1, 0.15) is 0 Å². The Morgan fingerprint density at radius 2 is 1.82 bits per heavy atom. The average molecular weight is 253 g/mol. The van der Waals surface area contributed by atoms with Crippen LogP contribution in [0.15, 0.2) is 0 Å². The first-order chi connectivity index (χ1) is 7.86. The maximum absolute atomic E-state index is 12.8. The molecule has 5 heteroatoms. The molecule has 102 valence electrons. The first-order valence-corrected chi connectivity index (χ1v) is 6.30. The summed E-state index contributed by atoms with van der Waals surface area (Å²) in [4.78, 5) is 0. The van der Waals surface area contributed by atoms with E-state index in [4.69, 9.17) is 0 Å². The van der Waals surface area contributed by atoms with E-state index in [2.05, 4.69) is 5.32 Å². The quantitative estimate of drug-likeness (QED) is 0.807. The van der Waals surface area contributed by atoms with Crippen molar-refractivity contribution in [3.8, 4) is 0 Å². The van der Waals surface area contributed by atoms with E-state index in [9.17, 15) is 18.3 Å². The smallest absolute Gasteiger partial charge is 0.393 e. The summed E-state index contributed by atoms with van der Waals surface area (Å²) in [5.74, 6) is -1.13. The second-order valence-corrected chi connectivity index (χ2v) is 5.24. The Bertz CT molecular complexity index is 230. The predicted molar refractivity (Wildman–Crippen MR) is 60.6 cm³/mol. The van der Waals surface area contributed by atoms with Crippen molar-refractivity contribution in [2.75, 3.05) is 6.61 Å². The number of rotatable bonds is 4. The lowest BCUT2D eigenvalue weighted by Crippen LogP contribution is -2.51. The van der Waals surface area contributed by atoms with Gasteiger partial charge in [-0.15, -0.1) is 0 Å². The molecule has 1 aliphatic rings. The lowest BCUT2D eigenvalue weighted by molar-refractivity contribution is -0.190. The zero-order valence-corrected chi connectivity index (χ0v) is 10.4. The van der Waals surface area contributed by atoms with Gasteiger partial charge in [-0.05, 0) is 18.8 Å². The van der Waals surface area contributed by atoms with Gasteiger partial charge in [0.25, 0.3) is 0 Å². The Balaban J connectivity index is 2.65. The molecule has 2 N–H and O–H groups in total. The number of aliphatic hydroxyl groups excluding tert-OH is 1. The van der Waals surface area contributed by atoms with Crippen LogP contribution in [0.4, 0.5) is 13.2 Å². The fourth-order valence-corrected chi connectivity index (χ4v) is 2.45. The maximum atomic E-state index is 12.8. The molecule has 0 radical (unpaired) electrons. The van der Waals surface area contributed by atoms with Crippen LogP contribution in [-0.2, 0) is 0 Å². The monoisotopic (exact) mass is 253 g/mol. The third-order valence-electron chi connectivity index (χ3n) is 3.62. The summed E-state index contributed by atoms with van der Waals surface area (Å²) in [6.45, 7) is 3.69. The summed E-state index contributed by atoms with van der Waals surface area (Å²) in [5, 5.41) is 12.2. The highest BCUT2D eigenvalue weighted by atomic mass is 19.4. The minimum absolute atomic E-state index is 0.112. The summed E-state index contributed by atoms with van der Waals surface area (Å²) < 4.78 is 38.5. The second-order valence-electron chi connectivity index (χ2n) is 5.24. The number of nitrogens with one attached hydrogen (secondary N) is 1. The number of halogens is 3. The number of hydrogen-bond acceptors (Lipinski definition) is 2. The van der Waals surface area contributed by atoms with Crippen molar-refractivity contribution < 1.29 is 18.3 Å². The van der Waals surface area contributed by atoms with E-state index < -0.39 is 18.1 Å². The van der Waals surface area contributed by atoms with Gasteiger partial charge < -0.3 is 10.4 Å². The largest absolute Gasteiger partial charge is 0.395 e. The van der Waals surface area contributed by atoms with E-state index in [1.54, 1.807) is 0 Å². The van der Waals surface area contributed by atoms with Gasteiger partial charge in [0, 0.05) is 12.1 Å². The van der Waals surface area contributed by atoms with E-state index in [-0.39, 0.29) is 25.0 Å². The normalized spacial score (nSPS) is 28.4. The Morgan fingerprint density at radius 1 is 1.24 bits per heavy atom. The molecule has 17 heavy (non-hydrogen) atoms. The van der Waals surface area contributed by atoms with E-state index in [0.29, 0.717) is 12.8 Å². The Morgan fingerprint density at radius 3 is 2.29 bits per heavy atom. The zero-order chi connectivity index (χ0) is 13.1. The van der Waals surface area contributed by atoms with Crippen LogP contribution < -0.4 is 5.32 Å². The zero-order valence-electron chi connectivity index (χ0n) is 10.4. The number of hydrogen-bond donors (Lipinski definition) is 2. The van der Waals surface area contributed by atoms with Crippen LogP contribution in [0.1, 0.15) is 39.5 Å². The van der Waals surface area contributed by atoms with Gasteiger partial charge in [0.05, 0.1) is 12.5 Å². The minimum atomic E-state index is -4.13. The van der Waals surface area contributed by atoms with Crippen LogP contribution in [0.3, 0.4) is 0 Å². The molecule has 0 aromatic rings. The van der Waals surface area contributed by atoms with Crippen LogP contribution >= 0.6 is 0 Å². The van der Waals surface area contributed by atoms with Gasteiger partial charge in [-0.1, -0.05) is 26.7 Å². The molecule has 0 spiro atoms. The molecule has 0 heterocycles. The van der Waals surface area contributed by atoms with Crippen molar-refractivity contribution >= 4 is 0 Å². The third-order valence-corrected chi connectivity index (χ3v) is 3.62. The molecule has 1 saturated carbocycles. The standard InChI is InChI=1S/C12H22F3NO/c1-8(2)11(7-17)16-10-6-4-3-5-9(10)12(13,14)15/h8-11,16-17H,3-7H2,1-2H3. The van der Waals surface area contributed by atoms with Crippen molar-refractivity contribution in [3.05, 3.63) is 0 Å². The van der Waals surface area contributed by atoms with Gasteiger partial charge in [-0.3, -0.25) is 0 Å². The molecule has 0 bridgehead atoms. The molecule has 1 rings (SSSR count). The van der Waals surface area contributed by atoms with E-state index in [0.717, 1.165) is 6.42 Å². The molecule has 1 fully saturated rings.